The summed E-state index contributed by atoms with van der Waals surface area (Å²) in [6.45, 7) is 2.04. The van der Waals surface area contributed by atoms with Crippen molar-refractivity contribution in [3.8, 4) is 0 Å². The molecule has 2 aromatic rings. The third kappa shape index (κ3) is 2.64. The third-order valence-corrected chi connectivity index (χ3v) is 3.22. The van der Waals surface area contributed by atoms with Crippen LogP contribution in [0.25, 0.3) is 0 Å². The fourth-order valence-electron chi connectivity index (χ4n) is 1.54. The van der Waals surface area contributed by atoms with E-state index in [-0.39, 0.29) is 6.04 Å². The molecule has 0 bridgehead atoms. The van der Waals surface area contributed by atoms with Crippen molar-refractivity contribution < 1.29 is 0 Å². The van der Waals surface area contributed by atoms with Crippen molar-refractivity contribution in [2.75, 3.05) is 0 Å². The van der Waals surface area contributed by atoms with Gasteiger partial charge in [0.25, 0.3) is 0 Å². The first-order chi connectivity index (χ1) is 7.25. The number of aromatic nitrogens is 1. The number of rotatable bonds is 3. The summed E-state index contributed by atoms with van der Waals surface area (Å²) in [5.74, 6) is 0. The summed E-state index contributed by atoms with van der Waals surface area (Å²) >= 11 is 1.75. The van der Waals surface area contributed by atoms with Crippen LogP contribution in [0.5, 0.6) is 0 Å². The van der Waals surface area contributed by atoms with Crippen molar-refractivity contribution in [3.05, 3.63) is 52.0 Å². The van der Waals surface area contributed by atoms with E-state index < -0.39 is 0 Å². The van der Waals surface area contributed by atoms with Gasteiger partial charge in [-0.1, -0.05) is 12.1 Å². The predicted molar refractivity (Wildman–Crippen MR) is 63.9 cm³/mol. The molecule has 0 aliphatic heterocycles. The lowest BCUT2D eigenvalue weighted by Crippen LogP contribution is -2.13. The van der Waals surface area contributed by atoms with Gasteiger partial charge >= 0.3 is 0 Å². The monoisotopic (exact) mass is 218 g/mol. The Morgan fingerprint density at radius 2 is 2.33 bits per heavy atom. The lowest BCUT2D eigenvalue weighted by atomic mass is 10.0. The molecule has 0 saturated heterocycles. The van der Waals surface area contributed by atoms with E-state index in [2.05, 4.69) is 28.6 Å². The zero-order chi connectivity index (χ0) is 10.7. The zero-order valence-corrected chi connectivity index (χ0v) is 9.50. The van der Waals surface area contributed by atoms with Crippen molar-refractivity contribution in [1.82, 2.24) is 4.98 Å². The molecule has 1 unspecified atom stereocenters. The molecule has 0 radical (unpaired) electrons. The highest BCUT2D eigenvalue weighted by Crippen LogP contribution is 2.19. The summed E-state index contributed by atoms with van der Waals surface area (Å²) in [7, 11) is 0. The largest absolute Gasteiger partial charge is 0.324 e. The van der Waals surface area contributed by atoms with Gasteiger partial charge in [0.15, 0.2) is 0 Å². The fourth-order valence-corrected chi connectivity index (χ4v) is 2.31. The molecule has 3 heteroatoms. The Labute approximate surface area is 93.8 Å². The quantitative estimate of drug-likeness (QED) is 0.860. The van der Waals surface area contributed by atoms with Gasteiger partial charge in [0.1, 0.15) is 0 Å². The maximum Gasteiger partial charge on any atom is 0.0359 e. The smallest absolute Gasteiger partial charge is 0.0359 e. The molecule has 2 aromatic heterocycles. The van der Waals surface area contributed by atoms with Crippen LogP contribution in [0.4, 0.5) is 0 Å². The SMILES string of the molecule is Cc1cncc(C(N)Cc2cccs2)c1. The molecular weight excluding hydrogens is 204 g/mol. The van der Waals surface area contributed by atoms with Gasteiger partial charge in [-0.3, -0.25) is 4.98 Å². The molecule has 78 valence electrons. The Bertz CT molecular complexity index is 423. The first-order valence-electron chi connectivity index (χ1n) is 4.95. The van der Waals surface area contributed by atoms with Gasteiger partial charge in [-0.25, -0.2) is 0 Å². The molecule has 0 fully saturated rings. The van der Waals surface area contributed by atoms with Crippen LogP contribution in [0.3, 0.4) is 0 Å². The highest BCUT2D eigenvalue weighted by molar-refractivity contribution is 7.09. The molecular formula is C12H14N2S. The average molecular weight is 218 g/mol. The van der Waals surface area contributed by atoms with Gasteiger partial charge in [-0.05, 0) is 29.5 Å². The number of pyridine rings is 1. The first-order valence-corrected chi connectivity index (χ1v) is 5.83. The molecule has 0 spiro atoms. The second-order valence-electron chi connectivity index (χ2n) is 3.69. The topological polar surface area (TPSA) is 38.9 Å². The van der Waals surface area contributed by atoms with Crippen LogP contribution in [0.1, 0.15) is 22.0 Å². The summed E-state index contributed by atoms with van der Waals surface area (Å²) in [5, 5.41) is 2.08. The zero-order valence-electron chi connectivity index (χ0n) is 8.68. The molecule has 15 heavy (non-hydrogen) atoms. The summed E-state index contributed by atoms with van der Waals surface area (Å²) in [6, 6.07) is 6.33. The second kappa shape index (κ2) is 4.55. The number of hydrogen-bond acceptors (Lipinski definition) is 3. The minimum atomic E-state index is 0.0519. The maximum absolute atomic E-state index is 6.12. The molecule has 2 N–H and O–H groups in total. The lowest BCUT2D eigenvalue weighted by molar-refractivity contribution is 0.725. The summed E-state index contributed by atoms with van der Waals surface area (Å²) < 4.78 is 0. The molecule has 0 aromatic carbocycles. The van der Waals surface area contributed by atoms with Gasteiger partial charge in [-0.2, -0.15) is 0 Å². The summed E-state index contributed by atoms with van der Waals surface area (Å²) in [6.07, 6.45) is 4.59. The van der Waals surface area contributed by atoms with E-state index in [9.17, 15) is 0 Å². The van der Waals surface area contributed by atoms with Gasteiger partial charge in [0, 0.05) is 29.7 Å². The number of aryl methyl sites for hydroxylation is 1. The van der Waals surface area contributed by atoms with E-state index >= 15 is 0 Å². The van der Waals surface area contributed by atoms with Gasteiger partial charge in [0.2, 0.25) is 0 Å². The van der Waals surface area contributed by atoms with Crippen molar-refractivity contribution in [3.63, 3.8) is 0 Å². The van der Waals surface area contributed by atoms with Gasteiger partial charge in [-0.15, -0.1) is 11.3 Å². The molecule has 0 aliphatic carbocycles. The van der Waals surface area contributed by atoms with Crippen LogP contribution in [0, 0.1) is 6.92 Å². The van der Waals surface area contributed by atoms with Crippen LogP contribution in [-0.2, 0) is 6.42 Å². The van der Waals surface area contributed by atoms with Crippen molar-refractivity contribution in [2.45, 2.75) is 19.4 Å². The number of nitrogens with zero attached hydrogens (tertiary/aromatic N) is 1. The number of hydrogen-bond donors (Lipinski definition) is 1. The maximum atomic E-state index is 6.12. The highest BCUT2D eigenvalue weighted by Gasteiger charge is 2.07. The molecule has 0 aliphatic rings. The van der Waals surface area contributed by atoms with E-state index in [1.165, 1.54) is 4.88 Å². The van der Waals surface area contributed by atoms with E-state index in [0.29, 0.717) is 0 Å². The van der Waals surface area contributed by atoms with E-state index in [1.807, 2.05) is 19.3 Å². The molecule has 1 atom stereocenters. The van der Waals surface area contributed by atoms with Crippen LogP contribution < -0.4 is 5.73 Å². The van der Waals surface area contributed by atoms with Crippen LogP contribution in [-0.4, -0.2) is 4.98 Å². The van der Waals surface area contributed by atoms with E-state index in [4.69, 9.17) is 5.73 Å². The molecule has 0 amide bonds. The van der Waals surface area contributed by atoms with Crippen LogP contribution in [0.2, 0.25) is 0 Å². The summed E-state index contributed by atoms with van der Waals surface area (Å²) in [5.41, 5.74) is 8.40. The van der Waals surface area contributed by atoms with E-state index in [1.54, 1.807) is 11.3 Å². The average Bonchev–Trinajstić information content (AvgIpc) is 2.70. The Morgan fingerprint density at radius 1 is 1.47 bits per heavy atom. The Balaban J connectivity index is 2.11. The molecule has 2 nitrogen and oxygen atoms in total. The van der Waals surface area contributed by atoms with Gasteiger partial charge < -0.3 is 5.73 Å². The molecule has 2 heterocycles. The number of nitrogens with two attached hydrogens (primary N) is 1. The Morgan fingerprint density at radius 3 is 3.00 bits per heavy atom. The fraction of sp³-hybridized carbons (Fsp3) is 0.250. The summed E-state index contributed by atoms with van der Waals surface area (Å²) in [4.78, 5) is 5.48. The molecule has 2 rings (SSSR count). The van der Waals surface area contributed by atoms with Crippen molar-refractivity contribution in [2.24, 2.45) is 5.73 Å². The number of thiophene rings is 1. The first kappa shape index (κ1) is 10.3. The lowest BCUT2D eigenvalue weighted by Gasteiger charge is -2.10. The third-order valence-electron chi connectivity index (χ3n) is 2.33. The van der Waals surface area contributed by atoms with Crippen LogP contribution in [0.15, 0.2) is 36.0 Å². The minimum absolute atomic E-state index is 0.0519. The Hall–Kier alpha value is -1.19. The van der Waals surface area contributed by atoms with E-state index in [0.717, 1.165) is 17.5 Å². The van der Waals surface area contributed by atoms with Crippen LogP contribution >= 0.6 is 11.3 Å². The van der Waals surface area contributed by atoms with Gasteiger partial charge in [0.05, 0.1) is 0 Å². The minimum Gasteiger partial charge on any atom is -0.324 e. The Kier molecular flexibility index (Phi) is 3.14. The normalized spacial score (nSPS) is 12.7. The standard InChI is InChI=1S/C12H14N2S/c1-9-5-10(8-14-7-9)12(13)6-11-3-2-4-15-11/h2-5,7-8,12H,6,13H2,1H3. The van der Waals surface area contributed by atoms with Crippen molar-refractivity contribution in [1.29, 1.82) is 0 Å². The predicted octanol–water partition coefficient (Wildman–Crippen LogP) is 2.69. The second-order valence-corrected chi connectivity index (χ2v) is 4.72. The highest BCUT2D eigenvalue weighted by atomic mass is 32.1. The molecule has 0 saturated carbocycles. The van der Waals surface area contributed by atoms with Crippen molar-refractivity contribution >= 4 is 11.3 Å².